The molecule has 72 valence electrons. The maximum atomic E-state index is 11.5. The molecule has 13 heavy (non-hydrogen) atoms. The Morgan fingerprint density at radius 1 is 1.69 bits per heavy atom. The summed E-state index contributed by atoms with van der Waals surface area (Å²) in [4.78, 5) is 12.7. The zero-order valence-electron chi connectivity index (χ0n) is 7.02. The van der Waals surface area contributed by atoms with Crippen molar-refractivity contribution in [3.63, 3.8) is 0 Å². The largest absolute Gasteiger partial charge is 0.371 e. The number of carbonyl (C=O) groups is 1. The lowest BCUT2D eigenvalue weighted by Crippen LogP contribution is -2.33. The third-order valence-corrected chi connectivity index (χ3v) is 3.27. The van der Waals surface area contributed by atoms with Crippen LogP contribution in [0.3, 0.4) is 0 Å². The van der Waals surface area contributed by atoms with E-state index in [0.717, 1.165) is 12.8 Å². The number of carbonyl (C=O) groups excluding carboxylic acids is 1. The highest BCUT2D eigenvalue weighted by molar-refractivity contribution is 6.38. The van der Waals surface area contributed by atoms with Crippen LogP contribution in [0.2, 0.25) is 0 Å². The minimum Gasteiger partial charge on any atom is -0.371 e. The summed E-state index contributed by atoms with van der Waals surface area (Å²) >= 11 is 11.8. The Morgan fingerprint density at radius 2 is 2.38 bits per heavy atom. The van der Waals surface area contributed by atoms with E-state index in [1.807, 2.05) is 0 Å². The van der Waals surface area contributed by atoms with E-state index >= 15 is 0 Å². The molecule has 0 radical (unpaired) electrons. The molecule has 1 fully saturated rings. The number of ketones is 1. The molecule has 0 aromatic carbocycles. The molecule has 0 spiro atoms. The van der Waals surface area contributed by atoms with Crippen LogP contribution in [0.1, 0.15) is 12.8 Å². The molecule has 1 aliphatic heterocycles. The summed E-state index contributed by atoms with van der Waals surface area (Å²) in [7, 11) is 0. The van der Waals surface area contributed by atoms with Gasteiger partial charge in [0, 0.05) is 6.20 Å². The van der Waals surface area contributed by atoms with Crippen LogP contribution in [0, 0.1) is 0 Å². The normalized spacial score (nSPS) is 23.8. The predicted molar refractivity (Wildman–Crippen MR) is 51.5 cm³/mol. The summed E-state index contributed by atoms with van der Waals surface area (Å²) in [5, 5.41) is 3.51. The second kappa shape index (κ2) is 3.07. The molecule has 0 atom stereocenters. The molecule has 3 nitrogen and oxygen atoms in total. The summed E-state index contributed by atoms with van der Waals surface area (Å²) in [6.45, 7) is 0.906. The molecule has 1 heterocycles. The van der Waals surface area contributed by atoms with E-state index in [1.54, 1.807) is 11.1 Å². The number of hydrogen-bond acceptors (Lipinski definition) is 3. The molecule has 0 aromatic heterocycles. The van der Waals surface area contributed by atoms with Crippen LogP contribution in [0.25, 0.3) is 0 Å². The van der Waals surface area contributed by atoms with E-state index in [4.69, 9.17) is 23.2 Å². The van der Waals surface area contributed by atoms with Gasteiger partial charge in [0.05, 0.1) is 13.2 Å². The highest BCUT2D eigenvalue weighted by Gasteiger charge is 2.48. The average molecular weight is 221 g/mol. The van der Waals surface area contributed by atoms with Gasteiger partial charge in [-0.2, -0.15) is 0 Å². The quantitative estimate of drug-likeness (QED) is 0.574. The van der Waals surface area contributed by atoms with Gasteiger partial charge in [-0.15, -0.1) is 11.6 Å². The second-order valence-corrected chi connectivity index (χ2v) is 4.53. The lowest BCUT2D eigenvalue weighted by atomic mass is 10.2. The number of nitrogens with zero attached hydrogens (tertiary/aromatic N) is 1. The number of Topliss-reactive ketones (excluding diaryl/α,β-unsaturated/α-hetero) is 1. The Bertz CT molecular complexity index is 273. The van der Waals surface area contributed by atoms with Gasteiger partial charge in [0.1, 0.15) is 10.0 Å². The van der Waals surface area contributed by atoms with Crippen molar-refractivity contribution in [2.75, 3.05) is 13.2 Å². The first-order valence-corrected chi connectivity index (χ1v) is 4.94. The molecule has 2 aliphatic rings. The van der Waals surface area contributed by atoms with Crippen molar-refractivity contribution in [1.82, 2.24) is 10.2 Å². The van der Waals surface area contributed by atoms with Gasteiger partial charge in [-0.3, -0.25) is 4.79 Å². The molecular formula is C8H10Cl2N2O. The van der Waals surface area contributed by atoms with Gasteiger partial charge in [0.2, 0.25) is 0 Å². The summed E-state index contributed by atoms with van der Waals surface area (Å²) in [5.41, 5.74) is 0. The van der Waals surface area contributed by atoms with Crippen molar-refractivity contribution in [2.24, 2.45) is 0 Å². The van der Waals surface area contributed by atoms with E-state index in [2.05, 4.69) is 5.32 Å². The lowest BCUT2D eigenvalue weighted by molar-refractivity contribution is -0.120. The fraction of sp³-hybridized carbons (Fsp3) is 0.625. The standard InChI is InChI=1S/C8H10Cl2N2O/c9-7-3-11-5-12(7)4-6(13)8(10)1-2-8/h3,11H,1-2,4-5H2. The number of alkyl halides is 1. The zero-order valence-corrected chi connectivity index (χ0v) is 8.53. The van der Waals surface area contributed by atoms with Crippen molar-refractivity contribution < 1.29 is 4.79 Å². The van der Waals surface area contributed by atoms with Crippen LogP contribution in [0.5, 0.6) is 0 Å². The molecular weight excluding hydrogens is 211 g/mol. The van der Waals surface area contributed by atoms with Crippen molar-refractivity contribution >= 4 is 29.0 Å². The Labute approximate surface area is 86.7 Å². The fourth-order valence-electron chi connectivity index (χ4n) is 1.24. The van der Waals surface area contributed by atoms with Crippen LogP contribution in [-0.4, -0.2) is 28.8 Å². The van der Waals surface area contributed by atoms with Gasteiger partial charge in [-0.1, -0.05) is 11.6 Å². The smallest absolute Gasteiger partial charge is 0.173 e. The molecule has 1 N–H and O–H groups in total. The first-order valence-electron chi connectivity index (χ1n) is 4.18. The van der Waals surface area contributed by atoms with Gasteiger partial charge >= 0.3 is 0 Å². The Kier molecular flexibility index (Phi) is 2.16. The Balaban J connectivity index is 1.91. The molecule has 0 saturated heterocycles. The van der Waals surface area contributed by atoms with E-state index in [1.165, 1.54) is 0 Å². The maximum absolute atomic E-state index is 11.5. The minimum absolute atomic E-state index is 0.0735. The topological polar surface area (TPSA) is 32.3 Å². The number of nitrogens with one attached hydrogen (secondary N) is 1. The minimum atomic E-state index is -0.570. The molecule has 5 heteroatoms. The monoisotopic (exact) mass is 220 g/mol. The Morgan fingerprint density at radius 3 is 2.85 bits per heavy atom. The fourth-order valence-corrected chi connectivity index (χ4v) is 1.59. The number of hydrogen-bond donors (Lipinski definition) is 1. The van der Waals surface area contributed by atoms with E-state index < -0.39 is 4.87 Å². The van der Waals surface area contributed by atoms with Gasteiger partial charge in [0.25, 0.3) is 0 Å². The Hall–Kier alpha value is -0.410. The predicted octanol–water partition coefficient (Wildman–Crippen LogP) is 1.23. The molecule has 0 bridgehead atoms. The van der Waals surface area contributed by atoms with E-state index in [-0.39, 0.29) is 5.78 Å². The number of halogens is 2. The summed E-state index contributed by atoms with van der Waals surface area (Å²) in [5.74, 6) is 0.0735. The van der Waals surface area contributed by atoms with Gasteiger partial charge in [-0.05, 0) is 12.8 Å². The van der Waals surface area contributed by atoms with E-state index in [0.29, 0.717) is 18.4 Å². The number of rotatable bonds is 3. The van der Waals surface area contributed by atoms with Crippen molar-refractivity contribution in [3.05, 3.63) is 11.4 Å². The molecule has 0 unspecified atom stereocenters. The van der Waals surface area contributed by atoms with Crippen LogP contribution < -0.4 is 5.32 Å². The van der Waals surface area contributed by atoms with Gasteiger partial charge in [-0.25, -0.2) is 0 Å². The van der Waals surface area contributed by atoms with Crippen molar-refractivity contribution in [2.45, 2.75) is 17.7 Å². The van der Waals surface area contributed by atoms with Crippen LogP contribution >= 0.6 is 23.2 Å². The van der Waals surface area contributed by atoms with Gasteiger partial charge in [0.15, 0.2) is 5.78 Å². The first kappa shape index (κ1) is 9.16. The summed E-state index contributed by atoms with van der Waals surface area (Å²) in [6.07, 6.45) is 3.29. The van der Waals surface area contributed by atoms with Gasteiger partial charge < -0.3 is 10.2 Å². The molecule has 1 aliphatic carbocycles. The van der Waals surface area contributed by atoms with Crippen molar-refractivity contribution in [1.29, 1.82) is 0 Å². The third-order valence-electron chi connectivity index (χ3n) is 2.33. The summed E-state index contributed by atoms with van der Waals surface area (Å²) in [6, 6.07) is 0. The van der Waals surface area contributed by atoms with Crippen LogP contribution in [-0.2, 0) is 4.79 Å². The molecule has 1 saturated carbocycles. The molecule has 2 rings (SSSR count). The highest BCUT2D eigenvalue weighted by Crippen LogP contribution is 2.43. The SMILES string of the molecule is O=C(CN1CNC=C1Cl)C1(Cl)CC1. The molecule has 0 amide bonds. The molecule has 0 aromatic rings. The van der Waals surface area contributed by atoms with Crippen LogP contribution in [0.4, 0.5) is 0 Å². The van der Waals surface area contributed by atoms with Crippen LogP contribution in [0.15, 0.2) is 11.4 Å². The first-order chi connectivity index (χ1) is 6.12. The lowest BCUT2D eigenvalue weighted by Gasteiger charge is -2.17. The highest BCUT2D eigenvalue weighted by atomic mass is 35.5. The third kappa shape index (κ3) is 1.76. The second-order valence-electron chi connectivity index (χ2n) is 3.42. The van der Waals surface area contributed by atoms with E-state index in [9.17, 15) is 4.79 Å². The maximum Gasteiger partial charge on any atom is 0.173 e. The average Bonchev–Trinajstić information content (AvgIpc) is 2.72. The zero-order chi connectivity index (χ0) is 9.47. The summed E-state index contributed by atoms with van der Waals surface area (Å²) < 4.78 is 0. The van der Waals surface area contributed by atoms with Crippen molar-refractivity contribution in [3.8, 4) is 0 Å².